The van der Waals surface area contributed by atoms with Gasteiger partial charge in [-0.15, -0.1) is 0 Å². The van der Waals surface area contributed by atoms with Gasteiger partial charge in [0.1, 0.15) is 5.78 Å². The summed E-state index contributed by atoms with van der Waals surface area (Å²) in [6, 6.07) is 0. The molecular weight excluding hydrogens is 303 g/mol. The van der Waals surface area contributed by atoms with Gasteiger partial charge in [0.15, 0.2) is 11.6 Å². The van der Waals surface area contributed by atoms with Crippen LogP contribution in [0.4, 0.5) is 4.39 Å². The van der Waals surface area contributed by atoms with Gasteiger partial charge in [0, 0.05) is 12.3 Å². The summed E-state index contributed by atoms with van der Waals surface area (Å²) in [7, 11) is 0. The van der Waals surface area contributed by atoms with Crippen molar-refractivity contribution in [1.29, 1.82) is 0 Å². The van der Waals surface area contributed by atoms with E-state index in [9.17, 15) is 14.0 Å². The highest BCUT2D eigenvalue weighted by molar-refractivity contribution is 5.95. The molecule has 4 aliphatic rings. The normalized spacial score (nSPS) is 47.9. The first kappa shape index (κ1) is 16.5. The van der Waals surface area contributed by atoms with Gasteiger partial charge in [-0.2, -0.15) is 0 Å². The zero-order valence-corrected chi connectivity index (χ0v) is 15.2. The van der Waals surface area contributed by atoms with Crippen molar-refractivity contribution in [2.45, 2.75) is 72.1 Å². The van der Waals surface area contributed by atoms with E-state index in [-0.39, 0.29) is 22.5 Å². The molecule has 0 N–H and O–H groups in total. The van der Waals surface area contributed by atoms with E-state index in [0.29, 0.717) is 30.0 Å². The van der Waals surface area contributed by atoms with Crippen molar-refractivity contribution >= 4 is 11.6 Å². The van der Waals surface area contributed by atoms with Gasteiger partial charge in [0.2, 0.25) is 0 Å². The maximum atomic E-state index is 14.5. The minimum Gasteiger partial charge on any atom is -0.300 e. The van der Waals surface area contributed by atoms with Crippen LogP contribution in [0.3, 0.4) is 0 Å². The Morgan fingerprint density at radius 2 is 1.79 bits per heavy atom. The SMILES string of the molecule is CC(=O)[C@H]1CC[C@H]2[C@@H]3CCC4=C(F)C(=O)CC[C@]4(C)[C@H]3CC[C@]12C. The maximum absolute atomic E-state index is 14.5. The number of fused-ring (bicyclic) bond motifs is 5. The molecular formula is C21H29FO2. The molecule has 6 atom stereocenters. The number of Topliss-reactive ketones (excluding diaryl/α,β-unsaturated/α-hetero) is 2. The number of carbonyl (C=O) groups excluding carboxylic acids is 2. The fourth-order valence-electron chi connectivity index (χ4n) is 7.32. The van der Waals surface area contributed by atoms with Crippen molar-refractivity contribution in [1.82, 2.24) is 0 Å². The first-order chi connectivity index (χ1) is 11.3. The molecule has 0 unspecified atom stereocenters. The standard InChI is InChI=1S/C21H29FO2/c1-12(23)14-6-7-15-13-4-5-17-19(22)18(24)9-11-21(17,3)16(13)8-10-20(14,15)2/h13-16H,4-11H2,1-3H3/t13-,14+,15-,16-,20+,21+/m0/s1. The number of ketones is 2. The van der Waals surface area contributed by atoms with Crippen LogP contribution in [0.5, 0.6) is 0 Å². The third-order valence-electron chi connectivity index (χ3n) is 8.54. The lowest BCUT2D eigenvalue weighted by Gasteiger charge is -2.58. The third-order valence-corrected chi connectivity index (χ3v) is 8.54. The average Bonchev–Trinajstić information content (AvgIpc) is 2.89. The molecule has 3 fully saturated rings. The zero-order valence-electron chi connectivity index (χ0n) is 15.2. The second-order valence-corrected chi connectivity index (χ2v) is 9.33. The van der Waals surface area contributed by atoms with Crippen LogP contribution in [0.2, 0.25) is 0 Å². The summed E-state index contributed by atoms with van der Waals surface area (Å²) >= 11 is 0. The number of halogens is 1. The molecule has 0 heterocycles. The second kappa shape index (κ2) is 5.25. The molecule has 0 aromatic heterocycles. The van der Waals surface area contributed by atoms with E-state index in [1.165, 1.54) is 0 Å². The molecule has 132 valence electrons. The number of allylic oxidation sites excluding steroid dienone is 1. The highest BCUT2D eigenvalue weighted by atomic mass is 19.1. The Morgan fingerprint density at radius 1 is 1.04 bits per heavy atom. The minimum atomic E-state index is -0.413. The topological polar surface area (TPSA) is 34.1 Å². The number of hydrogen-bond donors (Lipinski definition) is 0. The van der Waals surface area contributed by atoms with Crippen LogP contribution in [-0.4, -0.2) is 11.6 Å². The Bertz CT molecular complexity index is 636. The number of carbonyl (C=O) groups is 2. The molecule has 4 aliphatic carbocycles. The van der Waals surface area contributed by atoms with Gasteiger partial charge < -0.3 is 0 Å². The predicted molar refractivity (Wildman–Crippen MR) is 90.9 cm³/mol. The van der Waals surface area contributed by atoms with Crippen molar-refractivity contribution in [3.63, 3.8) is 0 Å². The summed E-state index contributed by atoms with van der Waals surface area (Å²) < 4.78 is 14.5. The number of hydrogen-bond acceptors (Lipinski definition) is 2. The quantitative estimate of drug-likeness (QED) is 0.675. The monoisotopic (exact) mass is 332 g/mol. The molecule has 3 heteroatoms. The van der Waals surface area contributed by atoms with Crippen LogP contribution in [0.15, 0.2) is 11.4 Å². The Balaban J connectivity index is 1.69. The predicted octanol–water partition coefficient (Wildman–Crippen LogP) is 5.02. The van der Waals surface area contributed by atoms with E-state index in [0.717, 1.165) is 50.5 Å². The largest absolute Gasteiger partial charge is 0.300 e. The Labute approximate surface area is 144 Å². The molecule has 0 saturated heterocycles. The lowest BCUT2D eigenvalue weighted by Crippen LogP contribution is -2.51. The average molecular weight is 332 g/mol. The van der Waals surface area contributed by atoms with Crippen LogP contribution < -0.4 is 0 Å². The van der Waals surface area contributed by atoms with Gasteiger partial charge >= 0.3 is 0 Å². The first-order valence-electron chi connectivity index (χ1n) is 9.72. The van der Waals surface area contributed by atoms with Crippen LogP contribution in [0.25, 0.3) is 0 Å². The van der Waals surface area contributed by atoms with Gasteiger partial charge in [-0.25, -0.2) is 4.39 Å². The van der Waals surface area contributed by atoms with E-state index < -0.39 is 5.83 Å². The van der Waals surface area contributed by atoms with Crippen molar-refractivity contribution in [3.8, 4) is 0 Å². The molecule has 0 spiro atoms. The minimum absolute atomic E-state index is 0.128. The molecule has 0 aromatic rings. The van der Waals surface area contributed by atoms with Gasteiger partial charge in [0.25, 0.3) is 0 Å². The lowest BCUT2D eigenvalue weighted by atomic mass is 9.46. The Hall–Kier alpha value is -0.990. The van der Waals surface area contributed by atoms with Gasteiger partial charge in [-0.3, -0.25) is 9.59 Å². The molecule has 0 bridgehead atoms. The van der Waals surface area contributed by atoms with E-state index >= 15 is 0 Å². The Kier molecular flexibility index (Phi) is 3.61. The van der Waals surface area contributed by atoms with Gasteiger partial charge in [-0.05, 0) is 86.0 Å². The third kappa shape index (κ3) is 1.99. The first-order valence-corrected chi connectivity index (χ1v) is 9.72. The van der Waals surface area contributed by atoms with Crippen molar-refractivity contribution < 1.29 is 14.0 Å². The van der Waals surface area contributed by atoms with E-state index in [1.54, 1.807) is 6.92 Å². The lowest BCUT2D eigenvalue weighted by molar-refractivity contribution is -0.129. The van der Waals surface area contributed by atoms with Gasteiger partial charge in [0.05, 0.1) is 0 Å². The van der Waals surface area contributed by atoms with E-state index in [2.05, 4.69) is 13.8 Å². The summed E-state index contributed by atoms with van der Waals surface area (Å²) in [4.78, 5) is 24.0. The summed E-state index contributed by atoms with van der Waals surface area (Å²) in [5.74, 6) is 1.58. The molecule has 2 nitrogen and oxygen atoms in total. The molecule has 0 amide bonds. The van der Waals surface area contributed by atoms with Gasteiger partial charge in [-0.1, -0.05) is 13.8 Å². The summed E-state index contributed by atoms with van der Waals surface area (Å²) in [6.45, 7) is 6.31. The summed E-state index contributed by atoms with van der Waals surface area (Å²) in [5.41, 5.74) is 0.842. The highest BCUT2D eigenvalue weighted by Gasteiger charge is 2.60. The fourth-order valence-corrected chi connectivity index (χ4v) is 7.32. The molecule has 3 saturated carbocycles. The zero-order chi connectivity index (χ0) is 17.3. The molecule has 24 heavy (non-hydrogen) atoms. The van der Waals surface area contributed by atoms with Crippen LogP contribution in [0, 0.1) is 34.5 Å². The van der Waals surface area contributed by atoms with E-state index in [4.69, 9.17) is 0 Å². The van der Waals surface area contributed by atoms with Crippen LogP contribution in [0.1, 0.15) is 72.1 Å². The van der Waals surface area contributed by atoms with Crippen LogP contribution in [-0.2, 0) is 9.59 Å². The van der Waals surface area contributed by atoms with Crippen LogP contribution >= 0.6 is 0 Å². The molecule has 0 aromatic carbocycles. The Morgan fingerprint density at radius 3 is 2.50 bits per heavy atom. The second-order valence-electron chi connectivity index (χ2n) is 9.33. The summed E-state index contributed by atoms with van der Waals surface area (Å²) in [5, 5.41) is 0. The maximum Gasteiger partial charge on any atom is 0.191 e. The summed E-state index contributed by atoms with van der Waals surface area (Å²) in [6.07, 6.45) is 7.28. The van der Waals surface area contributed by atoms with Crippen molar-refractivity contribution in [2.24, 2.45) is 34.5 Å². The van der Waals surface area contributed by atoms with Crippen molar-refractivity contribution in [3.05, 3.63) is 11.4 Å². The highest BCUT2D eigenvalue weighted by Crippen LogP contribution is 2.67. The van der Waals surface area contributed by atoms with E-state index in [1.807, 2.05) is 0 Å². The van der Waals surface area contributed by atoms with Crippen molar-refractivity contribution in [2.75, 3.05) is 0 Å². The number of rotatable bonds is 1. The molecule has 4 rings (SSSR count). The molecule has 0 radical (unpaired) electrons. The smallest absolute Gasteiger partial charge is 0.191 e. The fraction of sp³-hybridized carbons (Fsp3) is 0.810. The molecule has 0 aliphatic heterocycles.